The van der Waals surface area contributed by atoms with E-state index >= 15 is 0 Å². The van der Waals surface area contributed by atoms with E-state index in [2.05, 4.69) is 21.8 Å². The second-order valence-corrected chi connectivity index (χ2v) is 6.90. The first kappa shape index (κ1) is 20.6. The third-order valence-electron chi connectivity index (χ3n) is 3.75. The molecule has 0 amide bonds. The highest BCUT2D eigenvalue weighted by Crippen LogP contribution is 2.28. The van der Waals surface area contributed by atoms with Crippen molar-refractivity contribution in [3.8, 4) is 10.6 Å². The van der Waals surface area contributed by atoms with Gasteiger partial charge < -0.3 is 5.73 Å². The largest absolute Gasteiger partial charge is 0.330 e. The number of unbranched alkanes of at least 4 members (excludes halogenated alkanes) is 1. The molecule has 6 heteroatoms. The summed E-state index contributed by atoms with van der Waals surface area (Å²) in [5, 5.41) is 10.3. The van der Waals surface area contributed by atoms with Crippen LogP contribution >= 0.6 is 11.3 Å². The number of allylic oxidation sites excluding steroid dienone is 1. The van der Waals surface area contributed by atoms with Gasteiger partial charge in [-0.05, 0) is 50.4 Å². The van der Waals surface area contributed by atoms with Gasteiger partial charge in [0.1, 0.15) is 10.0 Å². The van der Waals surface area contributed by atoms with Gasteiger partial charge in [-0.25, -0.2) is 0 Å². The average molecular weight is 381 g/mol. The number of rotatable bonds is 7. The standard InChI is InChI=1S/C14H17N3S.C7H7NO/c1-11(7-5-6-10-15)13-16-17-14(18-13)12-8-3-2-4-9-12;1-6(9)7-3-2-4-8-5-7/h2-4,8-9H,1,5-7,10,15H2;2-5H,1H3. The van der Waals surface area contributed by atoms with Gasteiger partial charge >= 0.3 is 0 Å². The molecule has 1 aromatic carbocycles. The minimum atomic E-state index is 0.0584. The van der Waals surface area contributed by atoms with Crippen molar-refractivity contribution in [3.05, 3.63) is 72.0 Å². The number of nitrogens with zero attached hydrogens (tertiary/aromatic N) is 3. The second kappa shape index (κ2) is 11.1. The molecule has 140 valence electrons. The maximum atomic E-state index is 10.6. The molecule has 0 aliphatic rings. The number of pyridine rings is 1. The Labute approximate surface area is 164 Å². The molecule has 2 heterocycles. The first-order valence-electron chi connectivity index (χ1n) is 8.80. The van der Waals surface area contributed by atoms with Gasteiger partial charge in [-0.15, -0.1) is 10.2 Å². The van der Waals surface area contributed by atoms with Gasteiger partial charge in [0.15, 0.2) is 5.78 Å². The molecule has 0 bridgehead atoms. The molecule has 3 aromatic rings. The summed E-state index contributed by atoms with van der Waals surface area (Å²) in [7, 11) is 0. The van der Waals surface area contributed by atoms with E-state index in [0.29, 0.717) is 5.56 Å². The number of nitrogens with two attached hydrogens (primary N) is 1. The van der Waals surface area contributed by atoms with E-state index in [9.17, 15) is 4.79 Å². The monoisotopic (exact) mass is 380 g/mol. The molecule has 0 spiro atoms. The molecule has 0 aliphatic heterocycles. The lowest BCUT2D eigenvalue weighted by molar-refractivity contribution is 0.101. The number of hydrogen-bond donors (Lipinski definition) is 1. The fourth-order valence-corrected chi connectivity index (χ4v) is 3.07. The Hall–Kier alpha value is -2.70. The van der Waals surface area contributed by atoms with Crippen LogP contribution < -0.4 is 5.73 Å². The van der Waals surface area contributed by atoms with Crippen LogP contribution in [0.1, 0.15) is 41.6 Å². The van der Waals surface area contributed by atoms with Gasteiger partial charge in [0, 0.05) is 23.5 Å². The van der Waals surface area contributed by atoms with Crippen LogP contribution in [-0.2, 0) is 0 Å². The lowest BCUT2D eigenvalue weighted by Crippen LogP contribution is -1.97. The molecule has 2 N–H and O–H groups in total. The first-order valence-corrected chi connectivity index (χ1v) is 9.61. The van der Waals surface area contributed by atoms with Crippen molar-refractivity contribution in [2.24, 2.45) is 5.73 Å². The molecule has 0 fully saturated rings. The van der Waals surface area contributed by atoms with Crippen molar-refractivity contribution in [2.45, 2.75) is 26.2 Å². The van der Waals surface area contributed by atoms with Crippen molar-refractivity contribution in [3.63, 3.8) is 0 Å². The molecule has 0 radical (unpaired) electrons. The Kier molecular flexibility index (Phi) is 8.48. The van der Waals surface area contributed by atoms with E-state index < -0.39 is 0 Å². The Balaban J connectivity index is 0.000000244. The highest BCUT2D eigenvalue weighted by Gasteiger charge is 2.08. The van der Waals surface area contributed by atoms with Crippen LogP contribution in [0.25, 0.3) is 16.1 Å². The summed E-state index contributed by atoms with van der Waals surface area (Å²) in [6.45, 7) is 6.33. The minimum Gasteiger partial charge on any atom is -0.330 e. The van der Waals surface area contributed by atoms with Crippen LogP contribution in [0.4, 0.5) is 0 Å². The number of benzene rings is 1. The third kappa shape index (κ3) is 6.84. The minimum absolute atomic E-state index is 0.0584. The molecule has 5 nitrogen and oxygen atoms in total. The molecule has 27 heavy (non-hydrogen) atoms. The summed E-state index contributed by atoms with van der Waals surface area (Å²) < 4.78 is 0. The Morgan fingerprint density at radius 2 is 1.89 bits per heavy atom. The number of aromatic nitrogens is 3. The molecule has 0 saturated carbocycles. The van der Waals surface area contributed by atoms with Crippen molar-refractivity contribution >= 4 is 22.7 Å². The topological polar surface area (TPSA) is 81.8 Å². The first-order chi connectivity index (χ1) is 13.1. The normalized spacial score (nSPS) is 10.0. The fourth-order valence-electron chi connectivity index (χ4n) is 2.22. The van der Waals surface area contributed by atoms with Gasteiger partial charge in [0.25, 0.3) is 0 Å². The smallest absolute Gasteiger partial charge is 0.161 e. The van der Waals surface area contributed by atoms with E-state index in [0.717, 1.165) is 47.0 Å². The summed E-state index contributed by atoms with van der Waals surface area (Å²) in [5.74, 6) is 0.0584. The number of hydrogen-bond acceptors (Lipinski definition) is 6. The maximum absolute atomic E-state index is 10.6. The number of carbonyl (C=O) groups excluding carboxylic acids is 1. The predicted molar refractivity (Wildman–Crippen MR) is 112 cm³/mol. The zero-order chi connectivity index (χ0) is 19.5. The summed E-state index contributed by atoms with van der Waals surface area (Å²) >= 11 is 1.60. The second-order valence-electron chi connectivity index (χ2n) is 5.93. The van der Waals surface area contributed by atoms with Crippen LogP contribution in [0, 0.1) is 0 Å². The predicted octanol–water partition coefficient (Wildman–Crippen LogP) is 4.63. The van der Waals surface area contributed by atoms with Crippen molar-refractivity contribution < 1.29 is 4.79 Å². The van der Waals surface area contributed by atoms with E-state index in [1.807, 2.05) is 30.3 Å². The molecule has 0 atom stereocenters. The van der Waals surface area contributed by atoms with Crippen molar-refractivity contribution in [1.29, 1.82) is 0 Å². The average Bonchev–Trinajstić information content (AvgIpc) is 3.20. The molecule has 3 rings (SSSR count). The fraction of sp³-hybridized carbons (Fsp3) is 0.238. The van der Waals surface area contributed by atoms with Crippen LogP contribution in [0.2, 0.25) is 0 Å². The Bertz CT molecular complexity index is 847. The lowest BCUT2D eigenvalue weighted by atomic mass is 10.1. The van der Waals surface area contributed by atoms with Crippen molar-refractivity contribution in [1.82, 2.24) is 15.2 Å². The number of carbonyl (C=O) groups is 1. The van der Waals surface area contributed by atoms with Gasteiger partial charge in [0.05, 0.1) is 0 Å². The van der Waals surface area contributed by atoms with Crippen molar-refractivity contribution in [2.75, 3.05) is 6.54 Å². The quantitative estimate of drug-likeness (QED) is 0.477. The zero-order valence-corrected chi connectivity index (χ0v) is 16.3. The van der Waals surface area contributed by atoms with E-state index in [4.69, 9.17) is 5.73 Å². The van der Waals surface area contributed by atoms with E-state index in [-0.39, 0.29) is 5.78 Å². The summed E-state index contributed by atoms with van der Waals surface area (Å²) in [6, 6.07) is 13.6. The molecule has 0 aliphatic carbocycles. The summed E-state index contributed by atoms with van der Waals surface area (Å²) in [5.41, 5.74) is 8.31. The van der Waals surface area contributed by atoms with Gasteiger partial charge in [0.2, 0.25) is 0 Å². The number of ketones is 1. The molecule has 0 unspecified atom stereocenters. The third-order valence-corrected chi connectivity index (χ3v) is 4.82. The summed E-state index contributed by atoms with van der Waals surface area (Å²) in [6.07, 6.45) is 6.24. The Morgan fingerprint density at radius 1 is 1.11 bits per heavy atom. The van der Waals surface area contributed by atoms with Gasteiger partial charge in [-0.2, -0.15) is 0 Å². The van der Waals surface area contributed by atoms with Gasteiger partial charge in [-0.1, -0.05) is 48.2 Å². The Morgan fingerprint density at radius 3 is 2.48 bits per heavy atom. The number of Topliss-reactive ketones (excluding diaryl/α,β-unsaturated/α-hetero) is 1. The highest BCUT2D eigenvalue weighted by molar-refractivity contribution is 7.15. The highest BCUT2D eigenvalue weighted by atomic mass is 32.1. The molecule has 0 saturated heterocycles. The van der Waals surface area contributed by atoms with Crippen LogP contribution in [-0.4, -0.2) is 27.5 Å². The van der Waals surface area contributed by atoms with Gasteiger partial charge in [-0.3, -0.25) is 9.78 Å². The maximum Gasteiger partial charge on any atom is 0.161 e. The van der Waals surface area contributed by atoms with E-state index in [1.165, 1.54) is 6.92 Å². The zero-order valence-electron chi connectivity index (χ0n) is 15.5. The molecular weight excluding hydrogens is 356 g/mol. The van der Waals surface area contributed by atoms with E-state index in [1.54, 1.807) is 35.9 Å². The SMILES string of the molecule is C=C(CCCCN)c1nnc(-c2ccccc2)s1.CC(=O)c1cccnc1. The van der Waals surface area contributed by atoms with Crippen LogP contribution in [0.15, 0.2) is 61.4 Å². The molecule has 2 aromatic heterocycles. The lowest BCUT2D eigenvalue weighted by Gasteiger charge is -1.99. The summed E-state index contributed by atoms with van der Waals surface area (Å²) in [4.78, 5) is 14.4. The molecular formula is C21H24N4OS. The van der Waals surface area contributed by atoms with Crippen LogP contribution in [0.3, 0.4) is 0 Å². The van der Waals surface area contributed by atoms with Crippen LogP contribution in [0.5, 0.6) is 0 Å².